The first-order valence-corrected chi connectivity index (χ1v) is 18.3. The van der Waals surface area contributed by atoms with Crippen molar-refractivity contribution in [1.29, 1.82) is 0 Å². The van der Waals surface area contributed by atoms with Crippen LogP contribution in [0.25, 0.3) is 0 Å². The van der Waals surface area contributed by atoms with E-state index in [1.165, 1.54) is 64.7 Å². The predicted octanol–water partition coefficient (Wildman–Crippen LogP) is 3.31. The Morgan fingerprint density at radius 2 is 0.574 bits per heavy atom. The summed E-state index contributed by atoms with van der Waals surface area (Å²) >= 11 is 0. The maximum Gasteiger partial charge on any atom is 0.781 e. The highest BCUT2D eigenvalue weighted by Gasteiger charge is 2.53. The second kappa shape index (κ2) is 16.4. The lowest BCUT2D eigenvalue weighted by molar-refractivity contribution is -0.662. The molecule has 0 atom stereocenters. The molecule has 2 saturated heterocycles. The van der Waals surface area contributed by atoms with Crippen LogP contribution in [0.4, 0.5) is 0 Å². The molecular formula is C38H40B2N2O12. The minimum atomic E-state index is -2.97. The van der Waals surface area contributed by atoms with Gasteiger partial charge in [0.1, 0.15) is 0 Å². The Morgan fingerprint density at radius 3 is 0.778 bits per heavy atom. The van der Waals surface area contributed by atoms with Gasteiger partial charge < -0.3 is 47.9 Å². The lowest BCUT2D eigenvalue weighted by Crippen LogP contribution is -2.85. The van der Waals surface area contributed by atoms with Gasteiger partial charge in [0, 0.05) is 0 Å². The third kappa shape index (κ3) is 8.29. The molecule has 2 fully saturated rings. The van der Waals surface area contributed by atoms with E-state index in [1.54, 1.807) is 97.1 Å². The van der Waals surface area contributed by atoms with E-state index in [-0.39, 0.29) is 45.3 Å². The number of benzene rings is 4. The first-order valence-electron chi connectivity index (χ1n) is 18.3. The van der Waals surface area contributed by atoms with Crippen LogP contribution in [-0.2, 0) is 18.6 Å². The summed E-state index contributed by atoms with van der Waals surface area (Å²) in [6.07, 6.45) is 8.72. The van der Waals surface area contributed by atoms with E-state index in [4.69, 9.17) is 37.2 Å². The van der Waals surface area contributed by atoms with E-state index in [0.717, 1.165) is 0 Å². The topological polar surface area (TPSA) is 175 Å². The number of carbonyl (C=O) groups is 4. The molecule has 6 aliphatic heterocycles. The Labute approximate surface area is 311 Å². The van der Waals surface area contributed by atoms with Crippen LogP contribution in [-0.4, -0.2) is 64.0 Å². The van der Waals surface area contributed by atoms with E-state index >= 15 is 0 Å². The molecule has 6 heterocycles. The van der Waals surface area contributed by atoms with Crippen LogP contribution in [0.2, 0.25) is 0 Å². The molecular weight excluding hydrogens is 698 g/mol. The molecule has 54 heavy (non-hydrogen) atoms. The standard InChI is InChI=1S/2C14H8BO6.2C5H11N/c2*16-13-9-5-1-3-7-11(9)18-15(20-13)19-12-8-4-2-6-10(12)14(17)21-15;2*1-2-4-6-5-3-1/h2*1-8H;2*6H,1-5H2/q2*-1;;/p+2. The Balaban J connectivity index is 0.000000128. The molecule has 0 saturated carbocycles. The summed E-state index contributed by atoms with van der Waals surface area (Å²) < 4.78 is 42.5. The monoisotopic (exact) mass is 738 g/mol. The number of carbonyl (C=O) groups excluding carboxylic acids is 4. The zero-order valence-electron chi connectivity index (χ0n) is 29.5. The van der Waals surface area contributed by atoms with E-state index in [1.807, 2.05) is 0 Å². The smallest absolute Gasteiger partial charge is 0.610 e. The van der Waals surface area contributed by atoms with Crippen LogP contribution in [0.1, 0.15) is 80.0 Å². The third-order valence-electron chi connectivity index (χ3n) is 9.15. The van der Waals surface area contributed by atoms with Gasteiger partial charge >= 0.3 is 37.8 Å². The molecule has 280 valence electrons. The molecule has 0 aromatic heterocycles. The molecule has 2 spiro atoms. The third-order valence-corrected chi connectivity index (χ3v) is 9.15. The Morgan fingerprint density at radius 1 is 0.333 bits per heavy atom. The molecule has 4 N–H and O–H groups in total. The number of nitrogens with two attached hydrogens (primary N) is 2. The first kappa shape index (κ1) is 36.4. The summed E-state index contributed by atoms with van der Waals surface area (Å²) in [4.78, 5) is 48.1. The molecule has 14 nitrogen and oxygen atoms in total. The van der Waals surface area contributed by atoms with E-state index in [2.05, 4.69) is 10.6 Å². The summed E-state index contributed by atoms with van der Waals surface area (Å²) in [6.45, 7) is -0.440. The van der Waals surface area contributed by atoms with Crippen molar-refractivity contribution in [3.8, 4) is 23.0 Å². The summed E-state index contributed by atoms with van der Waals surface area (Å²) in [5.74, 6) is -1.65. The number of fused-ring (bicyclic) bond motifs is 4. The van der Waals surface area contributed by atoms with Crippen LogP contribution >= 0.6 is 0 Å². The van der Waals surface area contributed by atoms with Gasteiger partial charge in [0.25, 0.3) is 0 Å². The molecule has 0 bridgehead atoms. The van der Waals surface area contributed by atoms with Crippen LogP contribution in [0.15, 0.2) is 97.1 Å². The van der Waals surface area contributed by atoms with Gasteiger partial charge in [0.05, 0.1) is 71.4 Å². The van der Waals surface area contributed by atoms with Crippen molar-refractivity contribution < 1.29 is 67.0 Å². The van der Waals surface area contributed by atoms with Crippen LogP contribution < -0.4 is 29.3 Å². The van der Waals surface area contributed by atoms with Gasteiger partial charge in [-0.3, -0.25) is 19.2 Å². The second-order valence-corrected chi connectivity index (χ2v) is 13.1. The van der Waals surface area contributed by atoms with Gasteiger partial charge in [-0.25, -0.2) is 0 Å². The van der Waals surface area contributed by atoms with Crippen LogP contribution in [0.3, 0.4) is 0 Å². The molecule has 0 unspecified atom stereocenters. The fourth-order valence-corrected chi connectivity index (χ4v) is 6.44. The Bertz CT molecular complexity index is 1720. The zero-order chi connectivity index (χ0) is 37.4. The molecule has 4 aromatic rings. The quantitative estimate of drug-likeness (QED) is 0.252. The maximum absolute atomic E-state index is 12.0. The zero-order valence-corrected chi connectivity index (χ0v) is 29.5. The number of hydrogen-bond donors (Lipinski definition) is 2. The lowest BCUT2D eigenvalue weighted by atomic mass is 9.96. The number of hydrogen-bond acceptors (Lipinski definition) is 12. The summed E-state index contributed by atoms with van der Waals surface area (Å²) in [7, 11) is 0. The molecule has 6 aliphatic rings. The number of quaternary nitrogens is 2. The van der Waals surface area contributed by atoms with Gasteiger partial charge in [-0.05, 0) is 87.1 Å². The summed E-state index contributed by atoms with van der Waals surface area (Å²) in [5.41, 5.74) is 1.01. The predicted molar refractivity (Wildman–Crippen MR) is 192 cm³/mol. The van der Waals surface area contributed by atoms with Crippen LogP contribution in [0.5, 0.6) is 23.0 Å². The lowest BCUT2D eigenvalue weighted by Gasteiger charge is -2.45. The first-order chi connectivity index (χ1) is 26.3. The second-order valence-electron chi connectivity index (χ2n) is 13.1. The van der Waals surface area contributed by atoms with Crippen molar-refractivity contribution >= 4 is 37.8 Å². The molecule has 0 amide bonds. The highest BCUT2D eigenvalue weighted by Crippen LogP contribution is 2.37. The van der Waals surface area contributed by atoms with Crippen molar-refractivity contribution in [2.75, 3.05) is 26.2 Å². The maximum atomic E-state index is 12.0. The number of para-hydroxylation sites is 4. The van der Waals surface area contributed by atoms with Crippen molar-refractivity contribution in [2.45, 2.75) is 38.5 Å². The number of piperidine rings is 2. The molecule has 0 radical (unpaired) electrons. The van der Waals surface area contributed by atoms with Crippen LogP contribution in [0, 0.1) is 0 Å². The highest BCUT2D eigenvalue weighted by molar-refractivity contribution is 6.62. The minimum absolute atomic E-state index is 0.251. The summed E-state index contributed by atoms with van der Waals surface area (Å²) in [5, 5.41) is 4.78. The minimum Gasteiger partial charge on any atom is -0.610 e. The average molecular weight is 738 g/mol. The van der Waals surface area contributed by atoms with Crippen molar-refractivity contribution in [3.63, 3.8) is 0 Å². The largest absolute Gasteiger partial charge is 0.781 e. The van der Waals surface area contributed by atoms with Gasteiger partial charge in [-0.1, -0.05) is 48.5 Å². The van der Waals surface area contributed by atoms with E-state index in [0.29, 0.717) is 0 Å². The van der Waals surface area contributed by atoms with Gasteiger partial charge in [-0.15, -0.1) is 0 Å². The highest BCUT2D eigenvalue weighted by atomic mass is 16.9. The number of rotatable bonds is 0. The van der Waals surface area contributed by atoms with E-state index < -0.39 is 37.8 Å². The van der Waals surface area contributed by atoms with Gasteiger partial charge in [0.2, 0.25) is 0 Å². The Hall–Kier alpha value is -5.99. The average Bonchev–Trinajstić information content (AvgIpc) is 3.20. The fraction of sp³-hybridized carbons (Fsp3) is 0.263. The summed E-state index contributed by atoms with van der Waals surface area (Å²) in [6, 6.07) is 26.0. The Kier molecular flexibility index (Phi) is 11.0. The molecule has 0 aliphatic carbocycles. The van der Waals surface area contributed by atoms with Gasteiger partial charge in [-0.2, -0.15) is 0 Å². The fourth-order valence-electron chi connectivity index (χ4n) is 6.44. The molecule has 10 rings (SSSR count). The SMILES string of the molecule is C1CC[NH2+]CC1.C1CC[NH2+]CC1.O=C1O[B-]2(OC(=O)c3ccccc3O2)Oc2ccccc21.O=C1O[B-]2(OC(=O)c3ccccc3O2)Oc2ccccc21. The van der Waals surface area contributed by atoms with Gasteiger partial charge in [0.15, 0.2) is 0 Å². The molecule has 4 aromatic carbocycles. The van der Waals surface area contributed by atoms with Crippen molar-refractivity contribution in [3.05, 3.63) is 119 Å². The normalized spacial score (nSPS) is 19.1. The van der Waals surface area contributed by atoms with Crippen molar-refractivity contribution in [2.24, 2.45) is 0 Å². The van der Waals surface area contributed by atoms with Crippen molar-refractivity contribution in [1.82, 2.24) is 0 Å². The molecule has 16 heteroatoms. The van der Waals surface area contributed by atoms with E-state index in [9.17, 15) is 19.2 Å².